The average molecular weight is 411 g/mol. The Hall–Kier alpha value is -0.820. The van der Waals surface area contributed by atoms with Gasteiger partial charge in [0, 0.05) is 0 Å². The van der Waals surface area contributed by atoms with E-state index >= 15 is 0 Å². The number of fused-ring (bicyclic) bond motifs is 5. The summed E-state index contributed by atoms with van der Waals surface area (Å²) in [6.07, 6.45) is 19.7. The van der Waals surface area contributed by atoms with Gasteiger partial charge >= 0.3 is 0 Å². The predicted molar refractivity (Wildman–Crippen MR) is 128 cm³/mol. The Balaban J connectivity index is 1.56. The lowest BCUT2D eigenvalue weighted by Crippen LogP contribution is -2.46. The SMILES string of the molecule is CCC(/C=C/[C@@H](C)[C@H]1CC[C@H]2C3=CC=C4C[C@@H](O)CC[C@]4(C)[C@H]3CC[C@]12C)C(C)C. The van der Waals surface area contributed by atoms with Crippen LogP contribution >= 0.6 is 0 Å². The number of aliphatic hydroxyl groups excluding tert-OH is 1. The molecule has 0 bridgehead atoms. The molecule has 3 fully saturated rings. The normalized spacial score (nSPS) is 42.9. The molecule has 0 radical (unpaired) electrons. The molecule has 4 aliphatic carbocycles. The first-order valence-electron chi connectivity index (χ1n) is 13.0. The molecule has 1 N–H and O–H groups in total. The minimum atomic E-state index is -0.116. The van der Waals surface area contributed by atoms with E-state index < -0.39 is 0 Å². The van der Waals surface area contributed by atoms with Gasteiger partial charge in [-0.15, -0.1) is 0 Å². The third-order valence-electron chi connectivity index (χ3n) is 10.2. The molecule has 0 aromatic heterocycles. The molecule has 3 saturated carbocycles. The van der Waals surface area contributed by atoms with Gasteiger partial charge < -0.3 is 5.11 Å². The molecule has 0 spiro atoms. The summed E-state index contributed by atoms with van der Waals surface area (Å²) in [6, 6.07) is 0. The number of rotatable bonds is 5. The highest BCUT2D eigenvalue weighted by molar-refractivity contribution is 5.39. The molecule has 0 aromatic carbocycles. The average Bonchev–Trinajstić information content (AvgIpc) is 3.06. The second-order valence-corrected chi connectivity index (χ2v) is 12.1. The smallest absolute Gasteiger partial charge is 0.0578 e. The van der Waals surface area contributed by atoms with Crippen molar-refractivity contribution in [2.24, 2.45) is 46.3 Å². The summed E-state index contributed by atoms with van der Waals surface area (Å²) in [7, 11) is 0. The second kappa shape index (κ2) is 8.27. The first-order chi connectivity index (χ1) is 14.2. The van der Waals surface area contributed by atoms with Crippen LogP contribution in [0.2, 0.25) is 0 Å². The van der Waals surface area contributed by atoms with Crippen LogP contribution in [0.4, 0.5) is 0 Å². The molecule has 0 heterocycles. The lowest BCUT2D eigenvalue weighted by Gasteiger charge is -2.55. The molecule has 8 atom stereocenters. The summed E-state index contributed by atoms with van der Waals surface area (Å²) in [5, 5.41) is 10.2. The summed E-state index contributed by atoms with van der Waals surface area (Å²) in [4.78, 5) is 0. The van der Waals surface area contributed by atoms with E-state index in [1.54, 1.807) is 5.57 Å². The Kier molecular flexibility index (Phi) is 6.17. The molecule has 1 heteroatoms. The fraction of sp³-hybridized carbons (Fsp3) is 0.793. The second-order valence-electron chi connectivity index (χ2n) is 12.1. The van der Waals surface area contributed by atoms with E-state index in [-0.39, 0.29) is 6.10 Å². The molecule has 1 unspecified atom stereocenters. The van der Waals surface area contributed by atoms with Gasteiger partial charge in [0.15, 0.2) is 0 Å². The van der Waals surface area contributed by atoms with Crippen molar-refractivity contribution in [3.63, 3.8) is 0 Å². The van der Waals surface area contributed by atoms with E-state index in [1.807, 2.05) is 0 Å². The van der Waals surface area contributed by atoms with Gasteiger partial charge in [-0.2, -0.15) is 0 Å². The molecule has 0 amide bonds. The highest BCUT2D eigenvalue weighted by Gasteiger charge is 2.56. The van der Waals surface area contributed by atoms with Crippen molar-refractivity contribution in [3.05, 3.63) is 35.5 Å². The molecular weight excluding hydrogens is 364 g/mol. The van der Waals surface area contributed by atoms with E-state index in [0.29, 0.717) is 16.7 Å². The molecule has 0 saturated heterocycles. The summed E-state index contributed by atoms with van der Waals surface area (Å²) >= 11 is 0. The lowest BCUT2D eigenvalue weighted by atomic mass is 9.50. The van der Waals surface area contributed by atoms with E-state index in [0.717, 1.165) is 42.4 Å². The number of allylic oxidation sites excluding steroid dienone is 5. The molecule has 4 rings (SSSR count). The van der Waals surface area contributed by atoms with Crippen molar-refractivity contribution in [1.82, 2.24) is 0 Å². The minimum Gasteiger partial charge on any atom is -0.393 e. The van der Waals surface area contributed by atoms with Crippen molar-refractivity contribution in [3.8, 4) is 0 Å². The van der Waals surface area contributed by atoms with Gasteiger partial charge in [-0.3, -0.25) is 0 Å². The van der Waals surface area contributed by atoms with Crippen LogP contribution in [-0.2, 0) is 0 Å². The van der Waals surface area contributed by atoms with Gasteiger partial charge in [-0.05, 0) is 97.7 Å². The van der Waals surface area contributed by atoms with Crippen LogP contribution in [0, 0.1) is 46.3 Å². The Morgan fingerprint density at radius 2 is 1.77 bits per heavy atom. The van der Waals surface area contributed by atoms with Crippen molar-refractivity contribution in [1.29, 1.82) is 0 Å². The van der Waals surface area contributed by atoms with Crippen LogP contribution in [-0.4, -0.2) is 11.2 Å². The third kappa shape index (κ3) is 3.58. The zero-order valence-electron chi connectivity index (χ0n) is 20.5. The van der Waals surface area contributed by atoms with Crippen molar-refractivity contribution in [2.45, 2.75) is 99.0 Å². The van der Waals surface area contributed by atoms with Gasteiger partial charge in [0.2, 0.25) is 0 Å². The topological polar surface area (TPSA) is 20.2 Å². The van der Waals surface area contributed by atoms with Gasteiger partial charge in [0.1, 0.15) is 0 Å². The van der Waals surface area contributed by atoms with Crippen LogP contribution in [0.15, 0.2) is 35.5 Å². The van der Waals surface area contributed by atoms with Gasteiger partial charge in [0.05, 0.1) is 6.10 Å². The Bertz CT molecular complexity index is 727. The molecule has 1 nitrogen and oxygen atoms in total. The summed E-state index contributed by atoms with van der Waals surface area (Å²) in [5.74, 6) is 4.45. The maximum absolute atomic E-state index is 10.2. The van der Waals surface area contributed by atoms with Crippen LogP contribution in [0.25, 0.3) is 0 Å². The number of hydrogen-bond acceptors (Lipinski definition) is 1. The van der Waals surface area contributed by atoms with Crippen LogP contribution in [0.1, 0.15) is 92.9 Å². The van der Waals surface area contributed by atoms with Crippen molar-refractivity contribution < 1.29 is 5.11 Å². The summed E-state index contributed by atoms with van der Waals surface area (Å²) in [5.41, 5.74) is 4.07. The predicted octanol–water partition coefficient (Wildman–Crippen LogP) is 7.72. The molecule has 30 heavy (non-hydrogen) atoms. The zero-order valence-corrected chi connectivity index (χ0v) is 20.5. The fourth-order valence-corrected chi connectivity index (χ4v) is 8.17. The van der Waals surface area contributed by atoms with Crippen LogP contribution < -0.4 is 0 Å². The Labute approximate surface area is 186 Å². The van der Waals surface area contributed by atoms with Crippen molar-refractivity contribution in [2.75, 3.05) is 0 Å². The van der Waals surface area contributed by atoms with Gasteiger partial charge in [-0.25, -0.2) is 0 Å². The number of aliphatic hydroxyl groups is 1. The lowest BCUT2D eigenvalue weighted by molar-refractivity contribution is 0.0382. The third-order valence-corrected chi connectivity index (χ3v) is 10.2. The highest BCUT2D eigenvalue weighted by Crippen LogP contribution is 2.66. The van der Waals surface area contributed by atoms with Gasteiger partial charge in [0.25, 0.3) is 0 Å². The highest BCUT2D eigenvalue weighted by atomic mass is 16.3. The standard InChI is InChI=1S/C29H46O/c1-7-21(19(2)3)9-8-20(4)25-12-13-26-24-11-10-22-18-23(30)14-16-28(22,5)27(24)15-17-29(25,26)6/h8-11,19-21,23,25-27,30H,7,12-18H2,1-6H3/b9-8+/t20-,21?,23+,25-,26+,27+,28+,29-/m1/s1. The summed E-state index contributed by atoms with van der Waals surface area (Å²) < 4.78 is 0. The largest absolute Gasteiger partial charge is 0.393 e. The zero-order chi connectivity index (χ0) is 21.7. The molecule has 168 valence electrons. The number of hydrogen-bond donors (Lipinski definition) is 1. The molecule has 0 aromatic rings. The monoisotopic (exact) mass is 410 g/mol. The molecule has 0 aliphatic heterocycles. The first-order valence-corrected chi connectivity index (χ1v) is 13.0. The molecular formula is C29H46O. The minimum absolute atomic E-state index is 0.116. The maximum atomic E-state index is 10.2. The molecule has 4 aliphatic rings. The first kappa shape index (κ1) is 22.4. The summed E-state index contributed by atoms with van der Waals surface area (Å²) in [6.45, 7) is 14.7. The Morgan fingerprint density at radius 3 is 2.47 bits per heavy atom. The van der Waals surface area contributed by atoms with E-state index in [4.69, 9.17) is 0 Å². The maximum Gasteiger partial charge on any atom is 0.0578 e. The van der Waals surface area contributed by atoms with Gasteiger partial charge in [-0.1, -0.05) is 77.0 Å². The van der Waals surface area contributed by atoms with E-state index in [2.05, 4.69) is 65.8 Å². The van der Waals surface area contributed by atoms with Crippen LogP contribution in [0.3, 0.4) is 0 Å². The van der Waals surface area contributed by atoms with Crippen LogP contribution in [0.5, 0.6) is 0 Å². The van der Waals surface area contributed by atoms with E-state index in [9.17, 15) is 5.11 Å². The quantitative estimate of drug-likeness (QED) is 0.460. The van der Waals surface area contributed by atoms with Crippen molar-refractivity contribution >= 4 is 0 Å². The fourth-order valence-electron chi connectivity index (χ4n) is 8.17. The Morgan fingerprint density at radius 1 is 1.00 bits per heavy atom. The van der Waals surface area contributed by atoms with E-state index in [1.165, 1.54) is 44.1 Å².